The molecule has 14 heavy (non-hydrogen) atoms. The quantitative estimate of drug-likeness (QED) is 0.581. The van der Waals surface area contributed by atoms with Gasteiger partial charge in [0.2, 0.25) is 0 Å². The Balaban J connectivity index is 2.54. The minimum atomic E-state index is 0.342. The maximum atomic E-state index is 2.39. The first kappa shape index (κ1) is 9.76. The Morgan fingerprint density at radius 1 is 1.14 bits per heavy atom. The van der Waals surface area contributed by atoms with E-state index in [4.69, 9.17) is 0 Å². The Kier molecular flexibility index (Phi) is 2.17. The third kappa shape index (κ3) is 1.28. The van der Waals surface area contributed by atoms with Crippen molar-refractivity contribution in [1.29, 1.82) is 0 Å². The van der Waals surface area contributed by atoms with Crippen LogP contribution in [0.3, 0.4) is 0 Å². The number of hydrogen-bond acceptors (Lipinski definition) is 0. The van der Waals surface area contributed by atoms with Gasteiger partial charge in [0, 0.05) is 0 Å². The van der Waals surface area contributed by atoms with Gasteiger partial charge in [0.1, 0.15) is 0 Å². The van der Waals surface area contributed by atoms with E-state index in [1.807, 2.05) is 0 Å². The molecule has 0 spiro atoms. The van der Waals surface area contributed by atoms with Crippen LogP contribution >= 0.6 is 0 Å². The highest BCUT2D eigenvalue weighted by atomic mass is 14.4. The van der Waals surface area contributed by atoms with Crippen LogP contribution < -0.4 is 0 Å². The maximum absolute atomic E-state index is 2.39. The van der Waals surface area contributed by atoms with Gasteiger partial charge in [0.15, 0.2) is 0 Å². The van der Waals surface area contributed by atoms with Crippen molar-refractivity contribution in [3.05, 3.63) is 35.4 Å². The van der Waals surface area contributed by atoms with Crippen molar-refractivity contribution in [3.63, 3.8) is 0 Å². The van der Waals surface area contributed by atoms with Gasteiger partial charge in [0.05, 0.1) is 0 Å². The molecular formula is C14H20. The van der Waals surface area contributed by atoms with Gasteiger partial charge < -0.3 is 0 Å². The smallest absolute Gasteiger partial charge is 0.00726 e. The molecule has 0 bridgehead atoms. The van der Waals surface area contributed by atoms with E-state index in [-0.39, 0.29) is 0 Å². The van der Waals surface area contributed by atoms with Crippen LogP contribution in [0.4, 0.5) is 0 Å². The van der Waals surface area contributed by atoms with E-state index in [9.17, 15) is 0 Å². The fraction of sp³-hybridized carbons (Fsp3) is 0.571. The Bertz CT molecular complexity index is 336. The standard InChI is InChI=1S/C14H20/c1-10-9-12-7-5-6-8-13(12)14(3,4)11(10)2/h5-8,10-11H,9H2,1-4H3. The van der Waals surface area contributed by atoms with Gasteiger partial charge in [-0.1, -0.05) is 52.0 Å². The summed E-state index contributed by atoms with van der Waals surface area (Å²) in [6.45, 7) is 9.53. The molecule has 1 aromatic carbocycles. The third-order valence-electron chi connectivity index (χ3n) is 4.25. The summed E-state index contributed by atoms with van der Waals surface area (Å²) in [6, 6.07) is 8.93. The summed E-state index contributed by atoms with van der Waals surface area (Å²) in [5.74, 6) is 1.58. The highest BCUT2D eigenvalue weighted by Crippen LogP contribution is 2.43. The van der Waals surface area contributed by atoms with Crippen LogP contribution in [0, 0.1) is 11.8 Å². The largest absolute Gasteiger partial charge is 0.0620 e. The van der Waals surface area contributed by atoms with Crippen molar-refractivity contribution in [2.24, 2.45) is 11.8 Å². The zero-order valence-corrected chi connectivity index (χ0v) is 9.67. The van der Waals surface area contributed by atoms with E-state index >= 15 is 0 Å². The lowest BCUT2D eigenvalue weighted by Gasteiger charge is -2.42. The number of fused-ring (bicyclic) bond motifs is 1. The van der Waals surface area contributed by atoms with Gasteiger partial charge >= 0.3 is 0 Å². The molecule has 1 aliphatic carbocycles. The van der Waals surface area contributed by atoms with E-state index in [2.05, 4.69) is 52.0 Å². The fourth-order valence-corrected chi connectivity index (χ4v) is 2.81. The predicted molar refractivity (Wildman–Crippen MR) is 61.5 cm³/mol. The Morgan fingerprint density at radius 2 is 1.79 bits per heavy atom. The first-order chi connectivity index (χ1) is 6.53. The van der Waals surface area contributed by atoms with Crippen molar-refractivity contribution >= 4 is 0 Å². The van der Waals surface area contributed by atoms with Crippen molar-refractivity contribution in [3.8, 4) is 0 Å². The third-order valence-corrected chi connectivity index (χ3v) is 4.25. The molecule has 0 aromatic heterocycles. The van der Waals surface area contributed by atoms with Gasteiger partial charge in [-0.3, -0.25) is 0 Å². The summed E-state index contributed by atoms with van der Waals surface area (Å²) in [4.78, 5) is 0. The molecule has 0 nitrogen and oxygen atoms in total. The molecule has 0 heteroatoms. The molecule has 1 aliphatic rings. The molecular weight excluding hydrogens is 168 g/mol. The molecule has 1 aromatic rings. The van der Waals surface area contributed by atoms with E-state index in [1.54, 1.807) is 11.1 Å². The molecule has 2 unspecified atom stereocenters. The molecule has 0 N–H and O–H groups in total. The van der Waals surface area contributed by atoms with Crippen molar-refractivity contribution in [2.45, 2.75) is 39.5 Å². The Labute approximate surface area is 87.3 Å². The van der Waals surface area contributed by atoms with E-state index in [0.717, 1.165) is 11.8 Å². The molecule has 0 aliphatic heterocycles. The molecule has 2 rings (SSSR count). The summed E-state index contributed by atoms with van der Waals surface area (Å²) in [5.41, 5.74) is 3.46. The summed E-state index contributed by atoms with van der Waals surface area (Å²) in [7, 11) is 0. The monoisotopic (exact) mass is 188 g/mol. The average Bonchev–Trinajstić information content (AvgIpc) is 2.15. The highest BCUT2D eigenvalue weighted by Gasteiger charge is 2.37. The SMILES string of the molecule is CC1Cc2ccccc2C(C)(C)C1C. The van der Waals surface area contributed by atoms with Crippen molar-refractivity contribution < 1.29 is 0 Å². The highest BCUT2D eigenvalue weighted by molar-refractivity contribution is 5.36. The van der Waals surface area contributed by atoms with Crippen molar-refractivity contribution in [1.82, 2.24) is 0 Å². The lowest BCUT2D eigenvalue weighted by Crippen LogP contribution is -2.37. The molecule has 0 radical (unpaired) electrons. The van der Waals surface area contributed by atoms with Crippen molar-refractivity contribution in [2.75, 3.05) is 0 Å². The Hall–Kier alpha value is -0.780. The van der Waals surface area contributed by atoms with Gasteiger partial charge in [-0.15, -0.1) is 0 Å². The van der Waals surface area contributed by atoms with Crippen LogP contribution in [0.25, 0.3) is 0 Å². The minimum Gasteiger partial charge on any atom is -0.0620 e. The first-order valence-electron chi connectivity index (χ1n) is 5.62. The van der Waals surface area contributed by atoms with Crippen LogP contribution in [0.5, 0.6) is 0 Å². The van der Waals surface area contributed by atoms with E-state index in [1.165, 1.54) is 6.42 Å². The Morgan fingerprint density at radius 3 is 2.50 bits per heavy atom. The topological polar surface area (TPSA) is 0 Å². The summed E-state index contributed by atoms with van der Waals surface area (Å²) >= 11 is 0. The second-order valence-corrected chi connectivity index (χ2v) is 5.35. The van der Waals surface area contributed by atoms with E-state index in [0.29, 0.717) is 5.41 Å². The molecule has 0 heterocycles. The second kappa shape index (κ2) is 3.12. The van der Waals surface area contributed by atoms with Crippen LogP contribution in [-0.4, -0.2) is 0 Å². The zero-order valence-electron chi connectivity index (χ0n) is 9.67. The molecule has 0 saturated heterocycles. The maximum Gasteiger partial charge on any atom is -0.00726 e. The normalized spacial score (nSPS) is 29.7. The molecule has 76 valence electrons. The van der Waals surface area contributed by atoms with Crippen LogP contribution in [0.15, 0.2) is 24.3 Å². The van der Waals surface area contributed by atoms with Gasteiger partial charge in [-0.2, -0.15) is 0 Å². The van der Waals surface area contributed by atoms with Crippen LogP contribution in [0.1, 0.15) is 38.8 Å². The van der Waals surface area contributed by atoms with Crippen LogP contribution in [0.2, 0.25) is 0 Å². The van der Waals surface area contributed by atoms with Gasteiger partial charge in [0.25, 0.3) is 0 Å². The number of benzene rings is 1. The average molecular weight is 188 g/mol. The van der Waals surface area contributed by atoms with E-state index < -0.39 is 0 Å². The molecule has 0 fully saturated rings. The number of hydrogen-bond donors (Lipinski definition) is 0. The summed E-state index contributed by atoms with van der Waals surface area (Å²) in [6.07, 6.45) is 1.25. The predicted octanol–water partition coefficient (Wildman–Crippen LogP) is 3.79. The minimum absolute atomic E-state index is 0.342. The lowest BCUT2D eigenvalue weighted by molar-refractivity contribution is 0.225. The molecule has 0 saturated carbocycles. The molecule has 2 atom stereocenters. The summed E-state index contributed by atoms with van der Waals surface area (Å²) < 4.78 is 0. The number of rotatable bonds is 0. The van der Waals surface area contributed by atoms with Gasteiger partial charge in [-0.05, 0) is 34.8 Å². The zero-order chi connectivity index (χ0) is 10.3. The lowest BCUT2D eigenvalue weighted by atomic mass is 9.62. The van der Waals surface area contributed by atoms with Crippen LogP contribution in [-0.2, 0) is 11.8 Å². The summed E-state index contributed by atoms with van der Waals surface area (Å²) in [5, 5.41) is 0. The fourth-order valence-electron chi connectivity index (χ4n) is 2.81. The second-order valence-electron chi connectivity index (χ2n) is 5.35. The first-order valence-corrected chi connectivity index (χ1v) is 5.62. The van der Waals surface area contributed by atoms with Gasteiger partial charge in [-0.25, -0.2) is 0 Å². The molecule has 0 amide bonds.